The third-order valence-electron chi connectivity index (χ3n) is 3.66. The van der Waals surface area contributed by atoms with Crippen molar-refractivity contribution in [1.82, 2.24) is 0 Å². The molecule has 1 atom stereocenters. The van der Waals surface area contributed by atoms with Gasteiger partial charge in [-0.15, -0.1) is 0 Å². The summed E-state index contributed by atoms with van der Waals surface area (Å²) in [6, 6.07) is 4.26. The van der Waals surface area contributed by atoms with Gasteiger partial charge in [-0.3, -0.25) is 0 Å². The average molecular weight is 328 g/mol. The van der Waals surface area contributed by atoms with Crippen LogP contribution >= 0.6 is 0 Å². The number of benzene rings is 1. The zero-order chi connectivity index (χ0) is 17.2. The van der Waals surface area contributed by atoms with Crippen LogP contribution in [0.4, 0.5) is 26.3 Å². The molecule has 0 bridgehead atoms. The van der Waals surface area contributed by atoms with Crippen LogP contribution < -0.4 is 0 Å². The lowest BCUT2D eigenvalue weighted by atomic mass is 9.89. The molecule has 0 aliphatic carbocycles. The van der Waals surface area contributed by atoms with Gasteiger partial charge >= 0.3 is 12.4 Å². The highest BCUT2D eigenvalue weighted by Crippen LogP contribution is 2.52. The summed E-state index contributed by atoms with van der Waals surface area (Å²) in [5.74, 6) is 0.0484. The van der Waals surface area contributed by atoms with E-state index in [1.54, 1.807) is 0 Å². The van der Waals surface area contributed by atoms with Gasteiger partial charge in [0.1, 0.15) is 0 Å². The van der Waals surface area contributed by atoms with Crippen molar-refractivity contribution in [2.45, 2.75) is 51.1 Å². The van der Waals surface area contributed by atoms with Crippen molar-refractivity contribution >= 4 is 0 Å². The molecule has 0 amide bonds. The second kappa shape index (κ2) is 6.48. The second-order valence-electron chi connectivity index (χ2n) is 5.04. The molecular formula is C15H18F6O. The van der Waals surface area contributed by atoms with Crippen LogP contribution in [0.1, 0.15) is 44.2 Å². The fourth-order valence-electron chi connectivity index (χ4n) is 2.23. The molecular weight excluding hydrogens is 310 g/mol. The Morgan fingerprint density at radius 3 is 1.68 bits per heavy atom. The molecule has 1 aromatic carbocycles. The van der Waals surface area contributed by atoms with E-state index in [4.69, 9.17) is 0 Å². The van der Waals surface area contributed by atoms with Gasteiger partial charge in [0.05, 0.1) is 0 Å². The van der Waals surface area contributed by atoms with E-state index in [2.05, 4.69) is 4.74 Å². The molecule has 0 saturated heterocycles. The second-order valence-corrected chi connectivity index (χ2v) is 5.04. The summed E-state index contributed by atoms with van der Waals surface area (Å²) in [4.78, 5) is 0. The first-order valence-corrected chi connectivity index (χ1v) is 6.89. The molecule has 1 unspecified atom stereocenters. The Hall–Kier alpha value is -1.24. The summed E-state index contributed by atoms with van der Waals surface area (Å²) in [7, 11) is 0. The van der Waals surface area contributed by atoms with Gasteiger partial charge in [0, 0.05) is 12.2 Å². The van der Waals surface area contributed by atoms with Crippen molar-refractivity contribution in [3.05, 3.63) is 35.4 Å². The molecule has 22 heavy (non-hydrogen) atoms. The Balaban J connectivity index is 3.45. The Morgan fingerprint density at radius 2 is 1.36 bits per heavy atom. The van der Waals surface area contributed by atoms with Gasteiger partial charge < -0.3 is 4.74 Å². The fraction of sp³-hybridized carbons (Fsp3) is 0.600. The monoisotopic (exact) mass is 328 g/mol. The molecule has 1 aromatic rings. The van der Waals surface area contributed by atoms with E-state index in [-0.39, 0.29) is 5.92 Å². The number of alkyl halides is 6. The normalized spacial score (nSPS) is 15.0. The minimum atomic E-state index is -5.61. The summed E-state index contributed by atoms with van der Waals surface area (Å²) in [5.41, 5.74) is -4.58. The third-order valence-corrected chi connectivity index (χ3v) is 3.66. The Labute approximate surface area is 125 Å². The van der Waals surface area contributed by atoms with Crippen LogP contribution in [-0.4, -0.2) is 19.0 Å². The number of ether oxygens (including phenoxy) is 1. The first-order chi connectivity index (χ1) is 10.0. The average Bonchev–Trinajstić information content (AvgIpc) is 2.41. The van der Waals surface area contributed by atoms with E-state index in [0.29, 0.717) is 5.56 Å². The zero-order valence-corrected chi connectivity index (χ0v) is 12.5. The summed E-state index contributed by atoms with van der Waals surface area (Å²) < 4.78 is 83.6. The summed E-state index contributed by atoms with van der Waals surface area (Å²) in [5, 5.41) is 0. The number of hydrogen-bond acceptors (Lipinski definition) is 1. The van der Waals surface area contributed by atoms with E-state index >= 15 is 0 Å². The fourth-order valence-corrected chi connectivity index (χ4v) is 2.23. The first-order valence-electron chi connectivity index (χ1n) is 6.89. The SMILES string of the molecule is CCOC(c1ccc(C(C)CC)cc1)(C(F)(F)F)C(F)(F)F. The van der Waals surface area contributed by atoms with Crippen LogP contribution in [0.5, 0.6) is 0 Å². The van der Waals surface area contributed by atoms with E-state index in [9.17, 15) is 26.3 Å². The van der Waals surface area contributed by atoms with Crippen molar-refractivity contribution in [3.8, 4) is 0 Å². The quantitative estimate of drug-likeness (QED) is 0.643. The van der Waals surface area contributed by atoms with Crippen molar-refractivity contribution < 1.29 is 31.1 Å². The van der Waals surface area contributed by atoms with E-state index in [1.165, 1.54) is 12.1 Å². The molecule has 0 saturated carbocycles. The van der Waals surface area contributed by atoms with Crippen LogP contribution in [0.25, 0.3) is 0 Å². The van der Waals surface area contributed by atoms with Crippen molar-refractivity contribution in [1.29, 1.82) is 0 Å². The maximum absolute atomic E-state index is 13.2. The molecule has 0 radical (unpaired) electrons. The Morgan fingerprint density at radius 1 is 0.909 bits per heavy atom. The molecule has 1 nitrogen and oxygen atoms in total. The molecule has 0 aliphatic rings. The predicted molar refractivity (Wildman–Crippen MR) is 70.6 cm³/mol. The third kappa shape index (κ3) is 3.24. The van der Waals surface area contributed by atoms with Gasteiger partial charge in [-0.1, -0.05) is 38.1 Å². The molecule has 126 valence electrons. The molecule has 0 spiro atoms. The van der Waals surface area contributed by atoms with Crippen LogP contribution in [0.15, 0.2) is 24.3 Å². The van der Waals surface area contributed by atoms with Crippen molar-refractivity contribution in [3.63, 3.8) is 0 Å². The summed E-state index contributed by atoms with van der Waals surface area (Å²) in [6.07, 6.45) is -10.5. The minimum Gasteiger partial charge on any atom is -0.354 e. The lowest BCUT2D eigenvalue weighted by Gasteiger charge is -2.37. The van der Waals surface area contributed by atoms with Crippen LogP contribution in [0.3, 0.4) is 0 Å². The Bertz CT molecular complexity index is 460. The van der Waals surface area contributed by atoms with Gasteiger partial charge in [0.25, 0.3) is 5.60 Å². The highest BCUT2D eigenvalue weighted by Gasteiger charge is 2.73. The highest BCUT2D eigenvalue weighted by molar-refractivity contribution is 5.32. The summed E-state index contributed by atoms with van der Waals surface area (Å²) >= 11 is 0. The molecule has 0 fully saturated rings. The van der Waals surface area contributed by atoms with Crippen LogP contribution in [-0.2, 0) is 10.3 Å². The minimum absolute atomic E-state index is 0.0484. The van der Waals surface area contributed by atoms with Gasteiger partial charge in [0.15, 0.2) is 0 Å². The number of rotatable bonds is 5. The number of halogens is 6. The summed E-state index contributed by atoms with van der Waals surface area (Å²) in [6.45, 7) is 4.11. The molecule has 0 aromatic heterocycles. The van der Waals surface area contributed by atoms with Gasteiger partial charge in [-0.2, -0.15) is 26.3 Å². The first kappa shape index (κ1) is 18.8. The molecule has 1 rings (SSSR count). The van der Waals surface area contributed by atoms with Crippen LogP contribution in [0.2, 0.25) is 0 Å². The van der Waals surface area contributed by atoms with Crippen molar-refractivity contribution in [2.24, 2.45) is 0 Å². The lowest BCUT2D eigenvalue weighted by Crippen LogP contribution is -2.56. The van der Waals surface area contributed by atoms with E-state index in [1.807, 2.05) is 13.8 Å². The number of hydrogen-bond donors (Lipinski definition) is 0. The molecule has 0 heterocycles. The van der Waals surface area contributed by atoms with E-state index < -0.39 is 30.1 Å². The highest BCUT2D eigenvalue weighted by atomic mass is 19.4. The molecule has 7 heteroatoms. The molecule has 0 N–H and O–H groups in total. The van der Waals surface area contributed by atoms with Gasteiger partial charge in [0.2, 0.25) is 0 Å². The predicted octanol–water partition coefficient (Wildman–Crippen LogP) is 5.56. The van der Waals surface area contributed by atoms with Crippen molar-refractivity contribution in [2.75, 3.05) is 6.61 Å². The topological polar surface area (TPSA) is 9.23 Å². The molecule has 0 aliphatic heterocycles. The van der Waals surface area contributed by atoms with Crippen LogP contribution in [0, 0.1) is 0 Å². The maximum Gasteiger partial charge on any atom is 0.430 e. The Kier molecular flexibility index (Phi) is 5.54. The van der Waals surface area contributed by atoms with E-state index in [0.717, 1.165) is 25.5 Å². The van der Waals surface area contributed by atoms with Gasteiger partial charge in [-0.05, 0) is 24.8 Å². The maximum atomic E-state index is 13.2. The zero-order valence-electron chi connectivity index (χ0n) is 12.5. The smallest absolute Gasteiger partial charge is 0.354 e. The standard InChI is InChI=1S/C15H18F6O/c1-4-10(3)11-6-8-12(9-7-11)13(22-5-2,14(16,17)18)15(19,20)21/h6-10H,4-5H2,1-3H3. The largest absolute Gasteiger partial charge is 0.430 e. The van der Waals surface area contributed by atoms with Gasteiger partial charge in [-0.25, -0.2) is 0 Å². The lowest BCUT2D eigenvalue weighted by molar-refractivity contribution is -0.388.